The van der Waals surface area contributed by atoms with Gasteiger partial charge in [0.25, 0.3) is 0 Å². The van der Waals surface area contributed by atoms with Crippen LogP contribution in [0.25, 0.3) is 0 Å². The summed E-state index contributed by atoms with van der Waals surface area (Å²) in [5.41, 5.74) is 7.47. The maximum absolute atomic E-state index is 13.1. The Balaban J connectivity index is 1.36. The van der Waals surface area contributed by atoms with Gasteiger partial charge in [-0.25, -0.2) is 12.8 Å². The van der Waals surface area contributed by atoms with E-state index in [-0.39, 0.29) is 17.5 Å². The fourth-order valence-corrected chi connectivity index (χ4v) is 4.48. The number of benzene rings is 2. The first kappa shape index (κ1) is 22.0. The maximum Gasteiger partial charge on any atom is 0.239 e. The first-order chi connectivity index (χ1) is 14.4. The first-order valence-corrected chi connectivity index (χ1v) is 11.6. The van der Waals surface area contributed by atoms with Crippen LogP contribution in [-0.4, -0.2) is 58.5 Å². The highest BCUT2D eigenvalue weighted by Gasteiger charge is 2.17. The Morgan fingerprint density at radius 1 is 1.03 bits per heavy atom. The van der Waals surface area contributed by atoms with Crippen LogP contribution in [0.4, 0.5) is 10.1 Å². The number of guanidine groups is 1. The van der Waals surface area contributed by atoms with E-state index in [0.29, 0.717) is 12.1 Å². The molecular formula is C21H28FN5O2S. The van der Waals surface area contributed by atoms with Crippen LogP contribution in [0.5, 0.6) is 0 Å². The number of piperazine rings is 1. The minimum Gasteiger partial charge on any atom is -0.369 e. The van der Waals surface area contributed by atoms with Gasteiger partial charge in [0.2, 0.25) is 16.0 Å². The second-order valence-electron chi connectivity index (χ2n) is 7.27. The second kappa shape index (κ2) is 10.4. The summed E-state index contributed by atoms with van der Waals surface area (Å²) in [6, 6.07) is 15.5. The SMILES string of the molecule is NC(=NCCCN1CCN(c2ccc(F)cc2)CC1)NS(=O)(=O)Cc1ccccc1. The van der Waals surface area contributed by atoms with Gasteiger partial charge in [0.15, 0.2) is 0 Å². The number of nitrogens with two attached hydrogens (primary N) is 1. The van der Waals surface area contributed by atoms with Crippen molar-refractivity contribution in [2.45, 2.75) is 12.2 Å². The lowest BCUT2D eigenvalue weighted by Gasteiger charge is -2.36. The quantitative estimate of drug-likeness (QED) is 0.376. The van der Waals surface area contributed by atoms with E-state index >= 15 is 0 Å². The van der Waals surface area contributed by atoms with Crippen molar-refractivity contribution in [2.75, 3.05) is 44.2 Å². The zero-order valence-corrected chi connectivity index (χ0v) is 17.7. The van der Waals surface area contributed by atoms with E-state index < -0.39 is 10.0 Å². The zero-order valence-electron chi connectivity index (χ0n) is 16.9. The number of nitrogens with zero attached hydrogens (tertiary/aromatic N) is 3. The van der Waals surface area contributed by atoms with Crippen molar-refractivity contribution in [1.29, 1.82) is 0 Å². The van der Waals surface area contributed by atoms with E-state index in [1.54, 1.807) is 36.4 Å². The number of anilines is 1. The summed E-state index contributed by atoms with van der Waals surface area (Å²) in [7, 11) is -3.57. The van der Waals surface area contributed by atoms with E-state index in [1.807, 2.05) is 6.07 Å². The molecule has 3 rings (SSSR count). The van der Waals surface area contributed by atoms with Gasteiger partial charge >= 0.3 is 0 Å². The molecule has 0 saturated carbocycles. The minimum atomic E-state index is -3.57. The van der Waals surface area contributed by atoms with Gasteiger partial charge in [-0.1, -0.05) is 30.3 Å². The average Bonchev–Trinajstić information content (AvgIpc) is 2.72. The minimum absolute atomic E-state index is 0.0768. The molecule has 0 aliphatic carbocycles. The highest BCUT2D eigenvalue weighted by molar-refractivity contribution is 7.89. The van der Waals surface area contributed by atoms with Gasteiger partial charge in [0.1, 0.15) is 5.82 Å². The van der Waals surface area contributed by atoms with Crippen molar-refractivity contribution in [3.8, 4) is 0 Å². The monoisotopic (exact) mass is 433 g/mol. The van der Waals surface area contributed by atoms with Gasteiger partial charge in [0.05, 0.1) is 5.75 Å². The molecule has 30 heavy (non-hydrogen) atoms. The number of halogens is 1. The molecule has 9 heteroatoms. The van der Waals surface area contributed by atoms with Crippen LogP contribution >= 0.6 is 0 Å². The van der Waals surface area contributed by atoms with Gasteiger partial charge < -0.3 is 10.6 Å². The Labute approximate surface area is 177 Å². The molecule has 0 amide bonds. The van der Waals surface area contributed by atoms with Crippen molar-refractivity contribution < 1.29 is 12.8 Å². The van der Waals surface area contributed by atoms with Crippen LogP contribution in [0.3, 0.4) is 0 Å². The van der Waals surface area contributed by atoms with Crippen LogP contribution in [0.2, 0.25) is 0 Å². The topological polar surface area (TPSA) is 91.0 Å². The van der Waals surface area contributed by atoms with E-state index in [4.69, 9.17) is 5.73 Å². The summed E-state index contributed by atoms with van der Waals surface area (Å²) in [6.07, 6.45) is 0.789. The van der Waals surface area contributed by atoms with Crippen LogP contribution in [0.1, 0.15) is 12.0 Å². The second-order valence-corrected chi connectivity index (χ2v) is 8.99. The highest BCUT2D eigenvalue weighted by atomic mass is 32.2. The maximum atomic E-state index is 13.1. The van der Waals surface area contributed by atoms with Crippen molar-refractivity contribution in [2.24, 2.45) is 10.7 Å². The molecule has 2 aromatic carbocycles. The summed E-state index contributed by atoms with van der Waals surface area (Å²) in [5, 5.41) is 0. The lowest BCUT2D eigenvalue weighted by atomic mass is 10.2. The van der Waals surface area contributed by atoms with Crippen LogP contribution in [0.15, 0.2) is 59.6 Å². The number of hydrogen-bond acceptors (Lipinski definition) is 5. The van der Waals surface area contributed by atoms with Crippen LogP contribution in [0, 0.1) is 5.82 Å². The fourth-order valence-electron chi connectivity index (χ4n) is 3.40. The highest BCUT2D eigenvalue weighted by Crippen LogP contribution is 2.16. The Morgan fingerprint density at radius 3 is 2.37 bits per heavy atom. The van der Waals surface area contributed by atoms with E-state index in [9.17, 15) is 12.8 Å². The molecule has 1 fully saturated rings. The Kier molecular flexibility index (Phi) is 7.64. The van der Waals surface area contributed by atoms with E-state index in [0.717, 1.165) is 44.8 Å². The molecular weight excluding hydrogens is 405 g/mol. The van der Waals surface area contributed by atoms with Gasteiger partial charge in [-0.15, -0.1) is 0 Å². The van der Waals surface area contributed by atoms with Gasteiger partial charge in [-0.2, -0.15) is 0 Å². The van der Waals surface area contributed by atoms with Crippen molar-refractivity contribution in [3.05, 3.63) is 66.0 Å². The summed E-state index contributed by atoms with van der Waals surface area (Å²) in [4.78, 5) is 8.72. The number of sulfonamides is 1. The molecule has 1 aliphatic rings. The number of aliphatic imine (C=N–C) groups is 1. The van der Waals surface area contributed by atoms with Gasteiger partial charge in [-0.05, 0) is 36.2 Å². The van der Waals surface area contributed by atoms with E-state index in [1.165, 1.54) is 12.1 Å². The summed E-state index contributed by atoms with van der Waals surface area (Å²) >= 11 is 0. The molecule has 0 bridgehead atoms. The smallest absolute Gasteiger partial charge is 0.239 e. The van der Waals surface area contributed by atoms with Crippen LogP contribution < -0.4 is 15.4 Å². The van der Waals surface area contributed by atoms with Crippen LogP contribution in [-0.2, 0) is 15.8 Å². The number of nitrogens with one attached hydrogen (secondary N) is 1. The van der Waals surface area contributed by atoms with Gasteiger partial charge in [-0.3, -0.25) is 14.6 Å². The van der Waals surface area contributed by atoms with Crippen molar-refractivity contribution in [3.63, 3.8) is 0 Å². The Morgan fingerprint density at radius 2 is 1.70 bits per heavy atom. The average molecular weight is 434 g/mol. The molecule has 7 nitrogen and oxygen atoms in total. The number of hydrogen-bond donors (Lipinski definition) is 2. The Hall–Kier alpha value is -2.65. The molecule has 0 unspecified atom stereocenters. The zero-order chi connectivity index (χ0) is 21.4. The van der Waals surface area contributed by atoms with Crippen molar-refractivity contribution >= 4 is 21.7 Å². The molecule has 0 radical (unpaired) electrons. The summed E-state index contributed by atoms with van der Waals surface area (Å²) in [6.45, 7) is 4.93. The molecule has 0 spiro atoms. The molecule has 3 N–H and O–H groups in total. The third kappa shape index (κ3) is 7.00. The predicted molar refractivity (Wildman–Crippen MR) is 118 cm³/mol. The Bertz CT molecular complexity index is 928. The molecule has 0 aromatic heterocycles. The third-order valence-corrected chi connectivity index (χ3v) is 6.17. The fraction of sp³-hybridized carbons (Fsp3) is 0.381. The molecule has 1 saturated heterocycles. The normalized spacial score (nSPS) is 15.9. The summed E-state index contributed by atoms with van der Waals surface area (Å²) < 4.78 is 39.7. The lowest BCUT2D eigenvalue weighted by Crippen LogP contribution is -2.46. The summed E-state index contributed by atoms with van der Waals surface area (Å²) in [5.74, 6) is -0.436. The van der Waals surface area contributed by atoms with Gasteiger partial charge in [0, 0.05) is 45.0 Å². The lowest BCUT2D eigenvalue weighted by molar-refractivity contribution is 0.256. The molecule has 162 valence electrons. The molecule has 1 heterocycles. The first-order valence-electron chi connectivity index (χ1n) is 9.98. The predicted octanol–water partition coefficient (Wildman–Crippen LogP) is 1.77. The molecule has 1 aliphatic heterocycles. The molecule has 2 aromatic rings. The standard InChI is InChI=1S/C21H28FN5O2S/c22-19-7-9-20(10-8-19)27-15-13-26(14-16-27)12-4-11-24-21(23)25-30(28,29)17-18-5-2-1-3-6-18/h1-3,5-10H,4,11-17H2,(H3,23,24,25). The van der Waals surface area contributed by atoms with E-state index in [2.05, 4.69) is 19.5 Å². The number of rotatable bonds is 8. The van der Waals surface area contributed by atoms with Crippen molar-refractivity contribution in [1.82, 2.24) is 9.62 Å². The largest absolute Gasteiger partial charge is 0.369 e. The third-order valence-electron chi connectivity index (χ3n) is 4.94. The molecule has 0 atom stereocenters.